The summed E-state index contributed by atoms with van der Waals surface area (Å²) in [6, 6.07) is 11.1. The van der Waals surface area contributed by atoms with Gasteiger partial charge in [0.15, 0.2) is 0 Å². The molecule has 0 saturated heterocycles. The molecule has 2 aromatic carbocycles. The molecule has 2 aromatic rings. The first-order chi connectivity index (χ1) is 13.5. The van der Waals surface area contributed by atoms with Gasteiger partial charge in [-0.15, -0.1) is 0 Å². The van der Waals surface area contributed by atoms with Crippen LogP contribution in [0.25, 0.3) is 0 Å². The number of nitrogens with one attached hydrogen (secondary N) is 1. The second-order valence-electron chi connectivity index (χ2n) is 7.88. The van der Waals surface area contributed by atoms with Crippen LogP contribution < -0.4 is 14.4 Å². The Morgan fingerprint density at radius 2 is 1.83 bits per heavy atom. The first-order valence-electron chi connectivity index (χ1n) is 9.31. The number of carbonyl (C=O) groups excluding carboxylic acids is 1. The van der Waals surface area contributed by atoms with Gasteiger partial charge in [-0.05, 0) is 51.1 Å². The first-order valence-corrected chi connectivity index (χ1v) is 11.2. The second-order valence-corrected chi connectivity index (χ2v) is 9.74. The summed E-state index contributed by atoms with van der Waals surface area (Å²) >= 11 is 0. The van der Waals surface area contributed by atoms with E-state index in [2.05, 4.69) is 5.32 Å². The fraction of sp³-hybridized carbons (Fsp3) is 0.381. The van der Waals surface area contributed by atoms with Crippen LogP contribution in [0.1, 0.15) is 38.8 Å². The van der Waals surface area contributed by atoms with Crippen molar-refractivity contribution in [2.24, 2.45) is 0 Å². The van der Waals surface area contributed by atoms with E-state index >= 15 is 0 Å². The Labute approximate surface area is 170 Å². The summed E-state index contributed by atoms with van der Waals surface area (Å²) in [5.74, 6) is -0.238. The molecular formula is C21H25FN2O4S. The Morgan fingerprint density at radius 3 is 2.45 bits per heavy atom. The highest BCUT2D eigenvalue weighted by Crippen LogP contribution is 2.39. The number of benzene rings is 2. The Hall–Kier alpha value is -2.61. The number of ether oxygens (including phenoxy) is 1. The third kappa shape index (κ3) is 4.70. The quantitative estimate of drug-likeness (QED) is 0.805. The van der Waals surface area contributed by atoms with Gasteiger partial charge in [-0.1, -0.05) is 18.2 Å². The maximum absolute atomic E-state index is 13.3. The number of para-hydroxylation sites is 1. The van der Waals surface area contributed by atoms with Crippen molar-refractivity contribution in [2.75, 3.05) is 10.6 Å². The van der Waals surface area contributed by atoms with E-state index < -0.39 is 33.4 Å². The molecule has 1 aliphatic rings. The van der Waals surface area contributed by atoms with Gasteiger partial charge in [0.2, 0.25) is 15.9 Å². The first kappa shape index (κ1) is 21.1. The number of halogens is 1. The average molecular weight is 421 g/mol. The number of nitrogens with zero attached hydrogens (tertiary/aromatic N) is 1. The lowest BCUT2D eigenvalue weighted by atomic mass is 9.89. The van der Waals surface area contributed by atoms with Gasteiger partial charge in [-0.25, -0.2) is 12.8 Å². The molecule has 8 heteroatoms. The zero-order chi connectivity index (χ0) is 21.4. The number of fused-ring (bicyclic) bond motifs is 1. The minimum atomic E-state index is -3.77. The van der Waals surface area contributed by atoms with Gasteiger partial charge < -0.3 is 10.1 Å². The summed E-state index contributed by atoms with van der Waals surface area (Å²) in [6.07, 6.45) is 1.56. The number of sulfonamides is 1. The van der Waals surface area contributed by atoms with Gasteiger partial charge in [0.25, 0.3) is 0 Å². The van der Waals surface area contributed by atoms with Gasteiger partial charge in [0.05, 0.1) is 18.0 Å². The van der Waals surface area contributed by atoms with Crippen LogP contribution in [-0.4, -0.2) is 32.2 Å². The van der Waals surface area contributed by atoms with Crippen molar-refractivity contribution in [1.82, 2.24) is 5.32 Å². The van der Waals surface area contributed by atoms with E-state index in [0.717, 1.165) is 28.3 Å². The van der Waals surface area contributed by atoms with Crippen molar-refractivity contribution in [3.8, 4) is 5.75 Å². The number of rotatable bonds is 5. The molecule has 2 unspecified atom stereocenters. The summed E-state index contributed by atoms with van der Waals surface area (Å²) < 4.78 is 45.0. The van der Waals surface area contributed by atoms with Gasteiger partial charge in [0, 0.05) is 12.0 Å². The minimum absolute atomic E-state index is 0.226. The molecule has 0 saturated carbocycles. The number of hydrogen-bond acceptors (Lipinski definition) is 4. The molecule has 3 rings (SSSR count). The van der Waals surface area contributed by atoms with Crippen LogP contribution in [0.2, 0.25) is 0 Å². The normalized spacial score (nSPS) is 18.9. The standard InChI is InChI=1S/C21H25FN2O4S/c1-14(24(29(4,26)27)16-11-9-15(22)10-12-16)20(25)23-18-13-21(2,3)28-19-8-6-5-7-17(18)19/h5-12,14,18H,13H2,1-4H3,(H,23,25). The van der Waals surface area contributed by atoms with Gasteiger partial charge in [0.1, 0.15) is 23.2 Å². The third-order valence-electron chi connectivity index (χ3n) is 4.86. The van der Waals surface area contributed by atoms with Crippen LogP contribution in [0.3, 0.4) is 0 Å². The van der Waals surface area contributed by atoms with E-state index in [1.807, 2.05) is 38.1 Å². The lowest BCUT2D eigenvalue weighted by molar-refractivity contribution is -0.123. The summed E-state index contributed by atoms with van der Waals surface area (Å²) in [5.41, 5.74) is 0.590. The highest BCUT2D eigenvalue weighted by Gasteiger charge is 2.36. The van der Waals surface area contributed by atoms with Crippen LogP contribution in [0.15, 0.2) is 48.5 Å². The molecule has 0 aliphatic carbocycles. The zero-order valence-corrected chi connectivity index (χ0v) is 17.7. The molecule has 1 heterocycles. The lowest BCUT2D eigenvalue weighted by Crippen LogP contribution is -2.50. The highest BCUT2D eigenvalue weighted by atomic mass is 32.2. The maximum Gasteiger partial charge on any atom is 0.244 e. The zero-order valence-electron chi connectivity index (χ0n) is 16.8. The van der Waals surface area contributed by atoms with Crippen LogP contribution in [0.4, 0.5) is 10.1 Å². The van der Waals surface area contributed by atoms with Crippen LogP contribution in [0.5, 0.6) is 5.75 Å². The number of amides is 1. The van der Waals surface area contributed by atoms with E-state index in [4.69, 9.17) is 4.74 Å². The third-order valence-corrected chi connectivity index (χ3v) is 6.10. The summed E-state index contributed by atoms with van der Waals surface area (Å²) in [5, 5.41) is 2.97. The molecule has 2 atom stereocenters. The van der Waals surface area contributed by atoms with E-state index in [0.29, 0.717) is 12.2 Å². The van der Waals surface area contributed by atoms with E-state index in [1.54, 1.807) is 0 Å². The lowest BCUT2D eigenvalue weighted by Gasteiger charge is -2.38. The molecule has 29 heavy (non-hydrogen) atoms. The summed E-state index contributed by atoms with van der Waals surface area (Å²) in [6.45, 7) is 5.38. The number of hydrogen-bond donors (Lipinski definition) is 1. The number of anilines is 1. The smallest absolute Gasteiger partial charge is 0.244 e. The van der Waals surface area contributed by atoms with E-state index in [1.165, 1.54) is 19.1 Å². The monoisotopic (exact) mass is 420 g/mol. The molecule has 1 aliphatic heterocycles. The molecule has 6 nitrogen and oxygen atoms in total. The van der Waals surface area contributed by atoms with Crippen LogP contribution >= 0.6 is 0 Å². The molecule has 0 spiro atoms. The predicted molar refractivity (Wildman–Crippen MR) is 110 cm³/mol. The molecule has 0 radical (unpaired) electrons. The van der Waals surface area contributed by atoms with Crippen molar-refractivity contribution < 1.29 is 22.3 Å². The van der Waals surface area contributed by atoms with Crippen LogP contribution in [-0.2, 0) is 14.8 Å². The van der Waals surface area contributed by atoms with Crippen molar-refractivity contribution in [3.63, 3.8) is 0 Å². The Kier molecular flexibility index (Phi) is 5.58. The SMILES string of the molecule is CC(C(=O)NC1CC(C)(C)Oc2ccccc21)N(c1ccc(F)cc1)S(C)(=O)=O. The van der Waals surface area contributed by atoms with Crippen molar-refractivity contribution >= 4 is 21.6 Å². The van der Waals surface area contributed by atoms with E-state index in [9.17, 15) is 17.6 Å². The molecule has 0 bridgehead atoms. The Bertz CT molecular complexity index is 1010. The van der Waals surface area contributed by atoms with Crippen molar-refractivity contribution in [2.45, 2.75) is 44.9 Å². The molecule has 1 amide bonds. The van der Waals surface area contributed by atoms with Gasteiger partial charge in [-0.2, -0.15) is 0 Å². The van der Waals surface area contributed by atoms with Gasteiger partial charge in [-0.3, -0.25) is 9.10 Å². The van der Waals surface area contributed by atoms with Crippen LogP contribution in [0, 0.1) is 5.82 Å². The predicted octanol–water partition coefficient (Wildman–Crippen LogP) is 3.40. The minimum Gasteiger partial charge on any atom is -0.487 e. The van der Waals surface area contributed by atoms with E-state index in [-0.39, 0.29) is 11.7 Å². The maximum atomic E-state index is 13.3. The van der Waals surface area contributed by atoms with Gasteiger partial charge >= 0.3 is 0 Å². The largest absolute Gasteiger partial charge is 0.487 e. The molecule has 1 N–H and O–H groups in total. The fourth-order valence-corrected chi connectivity index (χ4v) is 4.79. The molecule has 156 valence electrons. The molecular weight excluding hydrogens is 395 g/mol. The fourth-order valence-electron chi connectivity index (χ4n) is 3.62. The highest BCUT2D eigenvalue weighted by molar-refractivity contribution is 7.92. The van der Waals surface area contributed by atoms with Crippen molar-refractivity contribution in [1.29, 1.82) is 0 Å². The number of carbonyl (C=O) groups is 1. The Balaban J connectivity index is 1.88. The Morgan fingerprint density at radius 1 is 1.21 bits per heavy atom. The molecule has 0 fully saturated rings. The van der Waals surface area contributed by atoms with Crippen molar-refractivity contribution in [3.05, 3.63) is 59.9 Å². The second kappa shape index (κ2) is 7.67. The average Bonchev–Trinajstić information content (AvgIpc) is 2.61. The summed E-state index contributed by atoms with van der Waals surface area (Å²) in [4.78, 5) is 13.0. The topological polar surface area (TPSA) is 75.7 Å². The molecule has 0 aromatic heterocycles. The summed E-state index contributed by atoms with van der Waals surface area (Å²) in [7, 11) is -3.77.